The van der Waals surface area contributed by atoms with Crippen LogP contribution in [0.1, 0.15) is 22.8 Å². The number of carbonyl (C=O) groups excluding carboxylic acids is 3. The second kappa shape index (κ2) is 8.62. The normalized spacial score (nSPS) is 15.2. The number of nitrogens with one attached hydrogen (secondary N) is 1. The Kier molecular flexibility index (Phi) is 6.00. The minimum Gasteiger partial charge on any atom is -0.508 e. The van der Waals surface area contributed by atoms with E-state index in [9.17, 15) is 19.5 Å². The Morgan fingerprint density at radius 1 is 1.18 bits per heavy atom. The van der Waals surface area contributed by atoms with E-state index in [0.29, 0.717) is 16.8 Å². The fraction of sp³-hybridized carbons (Fsp3) is 0.150. The van der Waals surface area contributed by atoms with Crippen molar-refractivity contribution >= 4 is 40.6 Å². The summed E-state index contributed by atoms with van der Waals surface area (Å²) >= 11 is 0.839. The van der Waals surface area contributed by atoms with Crippen LogP contribution in [-0.4, -0.2) is 40.4 Å². The molecule has 8 heteroatoms. The van der Waals surface area contributed by atoms with Crippen molar-refractivity contribution in [1.82, 2.24) is 4.90 Å². The first-order valence-corrected chi connectivity index (χ1v) is 9.35. The first-order chi connectivity index (χ1) is 13.5. The number of phenolic OH excluding ortho intramolecular Hbond substituents is 1. The molecule has 1 fully saturated rings. The molecule has 2 aromatic carbocycles. The highest BCUT2D eigenvalue weighted by Crippen LogP contribution is 2.32. The largest absolute Gasteiger partial charge is 0.508 e. The van der Waals surface area contributed by atoms with E-state index in [1.165, 1.54) is 12.1 Å². The second-order valence-corrected chi connectivity index (χ2v) is 6.80. The average Bonchev–Trinajstić information content (AvgIpc) is 2.95. The molecule has 0 atom stereocenters. The number of esters is 1. The maximum absolute atomic E-state index is 12.6. The van der Waals surface area contributed by atoms with Crippen molar-refractivity contribution < 1.29 is 24.2 Å². The molecule has 0 saturated carbocycles. The summed E-state index contributed by atoms with van der Waals surface area (Å²) in [6.45, 7) is 1.89. The lowest BCUT2D eigenvalue weighted by molar-refractivity contribution is -0.122. The van der Waals surface area contributed by atoms with Crippen LogP contribution in [0.3, 0.4) is 0 Å². The topological polar surface area (TPSA) is 95.9 Å². The third kappa shape index (κ3) is 4.34. The van der Waals surface area contributed by atoms with E-state index < -0.39 is 17.1 Å². The van der Waals surface area contributed by atoms with Crippen LogP contribution in [0.5, 0.6) is 5.75 Å². The number of hydrogen-bond donors (Lipinski definition) is 2. The Balaban J connectivity index is 1.72. The SMILES string of the molecule is CCOC(=O)c1ccccc1NCN1C(=O)SC(=Cc2ccc(O)cc2)C1=O. The third-order valence-electron chi connectivity index (χ3n) is 3.91. The number of carbonyl (C=O) groups is 3. The van der Waals surface area contributed by atoms with E-state index in [4.69, 9.17) is 4.74 Å². The number of benzene rings is 2. The Morgan fingerprint density at radius 3 is 2.61 bits per heavy atom. The van der Waals surface area contributed by atoms with Gasteiger partial charge >= 0.3 is 5.97 Å². The summed E-state index contributed by atoms with van der Waals surface area (Å²) in [7, 11) is 0. The molecule has 1 saturated heterocycles. The van der Waals surface area contributed by atoms with Gasteiger partial charge in [0.15, 0.2) is 0 Å². The molecule has 7 nitrogen and oxygen atoms in total. The van der Waals surface area contributed by atoms with Gasteiger partial charge in [0.2, 0.25) is 0 Å². The maximum atomic E-state index is 12.6. The number of nitrogens with zero attached hydrogens (tertiary/aromatic N) is 1. The van der Waals surface area contributed by atoms with Gasteiger partial charge in [-0.15, -0.1) is 0 Å². The average molecular weight is 398 g/mol. The van der Waals surface area contributed by atoms with Crippen molar-refractivity contribution in [1.29, 1.82) is 0 Å². The smallest absolute Gasteiger partial charge is 0.340 e. The molecule has 0 aliphatic carbocycles. The number of phenols is 1. The lowest BCUT2D eigenvalue weighted by Crippen LogP contribution is -2.33. The number of amides is 2. The zero-order valence-corrected chi connectivity index (χ0v) is 15.9. The van der Waals surface area contributed by atoms with Crippen LogP contribution < -0.4 is 5.32 Å². The summed E-state index contributed by atoms with van der Waals surface area (Å²) in [4.78, 5) is 38.2. The van der Waals surface area contributed by atoms with Gasteiger partial charge in [0.05, 0.1) is 29.4 Å². The van der Waals surface area contributed by atoms with E-state index in [-0.39, 0.29) is 23.9 Å². The molecule has 144 valence electrons. The van der Waals surface area contributed by atoms with E-state index in [1.54, 1.807) is 49.4 Å². The van der Waals surface area contributed by atoms with Gasteiger partial charge in [-0.3, -0.25) is 14.5 Å². The molecule has 1 heterocycles. The molecule has 0 bridgehead atoms. The lowest BCUT2D eigenvalue weighted by Gasteiger charge is -2.16. The van der Waals surface area contributed by atoms with Gasteiger partial charge in [-0.25, -0.2) is 4.79 Å². The molecular formula is C20H18N2O5S. The van der Waals surface area contributed by atoms with Crippen LogP contribution in [0.2, 0.25) is 0 Å². The van der Waals surface area contributed by atoms with Crippen LogP contribution in [0.25, 0.3) is 6.08 Å². The van der Waals surface area contributed by atoms with Crippen LogP contribution in [0.4, 0.5) is 10.5 Å². The number of thioether (sulfide) groups is 1. The predicted molar refractivity (Wildman–Crippen MR) is 107 cm³/mol. The van der Waals surface area contributed by atoms with E-state index >= 15 is 0 Å². The summed E-state index contributed by atoms with van der Waals surface area (Å²) in [5.41, 5.74) is 1.50. The summed E-state index contributed by atoms with van der Waals surface area (Å²) in [6, 6.07) is 13.0. The molecule has 2 amide bonds. The highest BCUT2D eigenvalue weighted by Gasteiger charge is 2.35. The zero-order valence-electron chi connectivity index (χ0n) is 15.0. The summed E-state index contributed by atoms with van der Waals surface area (Å²) in [6.07, 6.45) is 1.59. The molecule has 28 heavy (non-hydrogen) atoms. The predicted octanol–water partition coefficient (Wildman–Crippen LogP) is 3.67. The number of hydrogen-bond acceptors (Lipinski definition) is 7. The van der Waals surface area contributed by atoms with E-state index in [1.807, 2.05) is 0 Å². The minimum absolute atomic E-state index is 0.0754. The lowest BCUT2D eigenvalue weighted by atomic mass is 10.2. The third-order valence-corrected chi connectivity index (χ3v) is 4.82. The fourth-order valence-electron chi connectivity index (χ4n) is 2.55. The molecule has 3 rings (SSSR count). The van der Waals surface area contributed by atoms with Gasteiger partial charge in [0.25, 0.3) is 11.1 Å². The summed E-state index contributed by atoms with van der Waals surface area (Å²) in [5.74, 6) is -0.786. The molecule has 0 radical (unpaired) electrons. The summed E-state index contributed by atoms with van der Waals surface area (Å²) in [5, 5.41) is 11.9. The molecule has 1 aliphatic rings. The Labute approximate surface area is 166 Å². The second-order valence-electron chi connectivity index (χ2n) is 5.80. The van der Waals surface area contributed by atoms with Gasteiger partial charge in [-0.2, -0.15) is 0 Å². The van der Waals surface area contributed by atoms with Crippen molar-refractivity contribution in [3.63, 3.8) is 0 Å². The van der Waals surface area contributed by atoms with Gasteiger partial charge in [0, 0.05) is 0 Å². The van der Waals surface area contributed by atoms with Crippen LogP contribution in [0, 0.1) is 0 Å². The van der Waals surface area contributed by atoms with Crippen molar-refractivity contribution in [2.24, 2.45) is 0 Å². The summed E-state index contributed by atoms with van der Waals surface area (Å²) < 4.78 is 5.02. The van der Waals surface area contributed by atoms with Crippen molar-refractivity contribution in [3.8, 4) is 5.75 Å². The first-order valence-electron chi connectivity index (χ1n) is 8.54. The minimum atomic E-state index is -0.480. The van der Waals surface area contributed by atoms with E-state index in [2.05, 4.69) is 5.32 Å². The fourth-order valence-corrected chi connectivity index (χ4v) is 3.38. The van der Waals surface area contributed by atoms with Crippen molar-refractivity contribution in [2.45, 2.75) is 6.92 Å². The van der Waals surface area contributed by atoms with Crippen molar-refractivity contribution in [3.05, 3.63) is 64.6 Å². The molecule has 2 aromatic rings. The molecule has 1 aliphatic heterocycles. The first kappa shape index (κ1) is 19.5. The van der Waals surface area contributed by atoms with Crippen molar-refractivity contribution in [2.75, 3.05) is 18.6 Å². The molecule has 2 N–H and O–H groups in total. The van der Waals surface area contributed by atoms with E-state index in [0.717, 1.165) is 16.7 Å². The standard InChI is InChI=1S/C20H18N2O5S/c1-2-27-19(25)15-5-3-4-6-16(15)21-12-22-18(24)17(28-20(22)26)11-13-7-9-14(23)10-8-13/h3-11,21,23H,2,12H2,1H3. The van der Waals surface area contributed by atoms with Gasteiger partial charge < -0.3 is 15.2 Å². The number of aromatic hydroxyl groups is 1. The molecule has 0 aromatic heterocycles. The Morgan fingerprint density at radius 2 is 1.89 bits per heavy atom. The monoisotopic (exact) mass is 398 g/mol. The Hall–Kier alpha value is -3.26. The van der Waals surface area contributed by atoms with Gasteiger partial charge in [0.1, 0.15) is 5.75 Å². The number of ether oxygens (including phenoxy) is 1. The number of imide groups is 1. The Bertz CT molecular complexity index is 940. The highest BCUT2D eigenvalue weighted by atomic mass is 32.2. The molecular weight excluding hydrogens is 380 g/mol. The number of anilines is 1. The van der Waals surface area contributed by atoms with Gasteiger partial charge in [-0.1, -0.05) is 24.3 Å². The molecule has 0 unspecified atom stereocenters. The van der Waals surface area contributed by atoms with Crippen LogP contribution in [0.15, 0.2) is 53.4 Å². The highest BCUT2D eigenvalue weighted by molar-refractivity contribution is 8.18. The van der Waals surface area contributed by atoms with Gasteiger partial charge in [-0.05, 0) is 54.6 Å². The number of rotatable bonds is 6. The zero-order chi connectivity index (χ0) is 20.1. The van der Waals surface area contributed by atoms with Crippen LogP contribution >= 0.6 is 11.8 Å². The maximum Gasteiger partial charge on any atom is 0.340 e. The molecule has 0 spiro atoms. The quantitative estimate of drug-likeness (QED) is 0.566. The number of para-hydroxylation sites is 1. The van der Waals surface area contributed by atoms with Crippen LogP contribution in [-0.2, 0) is 9.53 Å².